The molecule has 0 aliphatic carbocycles. The number of carbonyl (C=O) groups excluding carboxylic acids is 3. The number of primary amides is 1. The summed E-state index contributed by atoms with van der Waals surface area (Å²) in [7, 11) is 0. The summed E-state index contributed by atoms with van der Waals surface area (Å²) in [5.41, 5.74) is 5.46. The fourth-order valence-corrected chi connectivity index (χ4v) is 2.07. The molecule has 4 amide bonds. The van der Waals surface area contributed by atoms with E-state index in [4.69, 9.17) is 10.2 Å². The van der Waals surface area contributed by atoms with Crippen molar-refractivity contribution < 1.29 is 23.2 Å². The van der Waals surface area contributed by atoms with Gasteiger partial charge in [-0.2, -0.15) is 0 Å². The number of rotatable bonds is 5. The minimum Gasteiger partial charge on any atom is -0.469 e. The molecule has 5 N–H and O–H groups in total. The predicted octanol–water partition coefficient (Wildman–Crippen LogP) is 1.97. The SMILES string of the molecule is Cc1occc1C(=O)Nc1cc(N[C@@H](C)C(=O)NC(N)=O)ccc1F. The van der Waals surface area contributed by atoms with Crippen LogP contribution in [-0.2, 0) is 4.79 Å². The largest absolute Gasteiger partial charge is 0.469 e. The second-order valence-corrected chi connectivity index (χ2v) is 5.26. The van der Waals surface area contributed by atoms with E-state index >= 15 is 0 Å². The fraction of sp³-hybridized carbons (Fsp3) is 0.188. The maximum Gasteiger partial charge on any atom is 0.318 e. The molecule has 1 aromatic carbocycles. The molecule has 1 aromatic heterocycles. The Morgan fingerprint density at radius 1 is 1.24 bits per heavy atom. The molecule has 1 atom stereocenters. The van der Waals surface area contributed by atoms with Gasteiger partial charge < -0.3 is 20.8 Å². The Hall–Kier alpha value is -3.36. The summed E-state index contributed by atoms with van der Waals surface area (Å²) < 4.78 is 19.0. The third-order valence-corrected chi connectivity index (χ3v) is 3.34. The standard InChI is InChI=1S/C16H17FN4O4/c1-8(14(22)21-16(18)24)19-10-3-4-12(17)13(7-10)20-15(23)11-5-6-25-9(11)2/h3-8,19H,1-2H3,(H,20,23)(H3,18,21,22,24)/t8-/m0/s1. The third-order valence-electron chi connectivity index (χ3n) is 3.34. The smallest absolute Gasteiger partial charge is 0.318 e. The lowest BCUT2D eigenvalue weighted by Gasteiger charge is -2.15. The minimum absolute atomic E-state index is 0.0712. The summed E-state index contributed by atoms with van der Waals surface area (Å²) in [6, 6.07) is 3.55. The van der Waals surface area contributed by atoms with Gasteiger partial charge in [0.05, 0.1) is 17.5 Å². The van der Waals surface area contributed by atoms with Crippen molar-refractivity contribution in [2.75, 3.05) is 10.6 Å². The molecule has 2 rings (SSSR count). The number of imide groups is 1. The lowest BCUT2D eigenvalue weighted by molar-refractivity contribution is -0.120. The lowest BCUT2D eigenvalue weighted by Crippen LogP contribution is -2.43. The van der Waals surface area contributed by atoms with Crippen molar-refractivity contribution in [1.29, 1.82) is 0 Å². The van der Waals surface area contributed by atoms with Crippen molar-refractivity contribution >= 4 is 29.2 Å². The van der Waals surface area contributed by atoms with Gasteiger partial charge in [0.15, 0.2) is 0 Å². The highest BCUT2D eigenvalue weighted by atomic mass is 19.1. The molecule has 0 saturated heterocycles. The molecule has 0 spiro atoms. The lowest BCUT2D eigenvalue weighted by atomic mass is 10.2. The van der Waals surface area contributed by atoms with Gasteiger partial charge in [-0.3, -0.25) is 14.9 Å². The number of hydrogen-bond acceptors (Lipinski definition) is 5. The summed E-state index contributed by atoms with van der Waals surface area (Å²) in [5.74, 6) is -1.41. The molecular formula is C16H17FN4O4. The quantitative estimate of drug-likeness (QED) is 0.657. The summed E-state index contributed by atoms with van der Waals surface area (Å²) in [4.78, 5) is 34.5. The number of urea groups is 1. The van der Waals surface area contributed by atoms with Crippen molar-refractivity contribution in [3.8, 4) is 0 Å². The number of halogens is 1. The predicted molar refractivity (Wildman–Crippen MR) is 88.6 cm³/mol. The number of hydrogen-bond donors (Lipinski definition) is 4. The first kappa shape index (κ1) is 18.0. The topological polar surface area (TPSA) is 126 Å². The maximum atomic E-state index is 13.9. The molecule has 25 heavy (non-hydrogen) atoms. The van der Waals surface area contributed by atoms with Crippen molar-refractivity contribution in [2.45, 2.75) is 19.9 Å². The fourth-order valence-electron chi connectivity index (χ4n) is 2.07. The van der Waals surface area contributed by atoms with Crippen LogP contribution in [-0.4, -0.2) is 23.9 Å². The Bertz CT molecular complexity index is 818. The molecule has 2 aromatic rings. The van der Waals surface area contributed by atoms with Gasteiger partial charge in [0.1, 0.15) is 17.6 Å². The van der Waals surface area contributed by atoms with E-state index in [1.54, 1.807) is 6.92 Å². The molecule has 0 aliphatic heterocycles. The Labute approximate surface area is 142 Å². The molecule has 132 valence electrons. The second-order valence-electron chi connectivity index (χ2n) is 5.26. The van der Waals surface area contributed by atoms with Gasteiger partial charge in [0.25, 0.3) is 5.91 Å². The monoisotopic (exact) mass is 348 g/mol. The van der Waals surface area contributed by atoms with E-state index < -0.39 is 29.7 Å². The zero-order chi connectivity index (χ0) is 18.6. The Morgan fingerprint density at radius 3 is 2.56 bits per heavy atom. The number of carbonyl (C=O) groups is 3. The number of amides is 4. The molecule has 0 radical (unpaired) electrons. The van der Waals surface area contributed by atoms with E-state index in [0.29, 0.717) is 11.4 Å². The summed E-state index contributed by atoms with van der Waals surface area (Å²) >= 11 is 0. The van der Waals surface area contributed by atoms with Crippen LogP contribution in [0.4, 0.5) is 20.6 Å². The van der Waals surface area contributed by atoms with Crippen LogP contribution >= 0.6 is 0 Å². The van der Waals surface area contributed by atoms with Crippen molar-refractivity contribution in [1.82, 2.24) is 5.32 Å². The minimum atomic E-state index is -0.971. The first-order valence-electron chi connectivity index (χ1n) is 7.29. The molecule has 0 bridgehead atoms. The number of anilines is 2. The van der Waals surface area contributed by atoms with Crippen molar-refractivity contribution in [2.24, 2.45) is 5.73 Å². The summed E-state index contributed by atoms with van der Waals surface area (Å²) in [6.07, 6.45) is 1.36. The first-order chi connectivity index (χ1) is 11.8. The van der Waals surface area contributed by atoms with Crippen LogP contribution in [0.3, 0.4) is 0 Å². The number of nitrogens with one attached hydrogen (secondary N) is 3. The Balaban J connectivity index is 2.12. The van der Waals surface area contributed by atoms with Gasteiger partial charge in [-0.15, -0.1) is 0 Å². The maximum absolute atomic E-state index is 13.9. The average Bonchev–Trinajstić information content (AvgIpc) is 2.96. The number of benzene rings is 1. The van der Waals surface area contributed by atoms with E-state index in [9.17, 15) is 18.8 Å². The number of furan rings is 1. The van der Waals surface area contributed by atoms with Gasteiger partial charge in [0, 0.05) is 5.69 Å². The zero-order valence-corrected chi connectivity index (χ0v) is 13.6. The molecular weight excluding hydrogens is 331 g/mol. The van der Waals surface area contributed by atoms with Crippen LogP contribution in [0.1, 0.15) is 23.0 Å². The van der Waals surface area contributed by atoms with E-state index in [1.165, 1.54) is 31.4 Å². The molecule has 9 heteroatoms. The van der Waals surface area contributed by atoms with Crippen molar-refractivity contribution in [3.05, 3.63) is 47.7 Å². The molecule has 0 unspecified atom stereocenters. The average molecular weight is 348 g/mol. The van der Waals surface area contributed by atoms with E-state index in [-0.39, 0.29) is 11.3 Å². The first-order valence-corrected chi connectivity index (χ1v) is 7.29. The highest BCUT2D eigenvalue weighted by Gasteiger charge is 2.17. The molecule has 0 aliphatic rings. The Morgan fingerprint density at radius 2 is 1.96 bits per heavy atom. The highest BCUT2D eigenvalue weighted by Crippen LogP contribution is 2.22. The van der Waals surface area contributed by atoms with Gasteiger partial charge >= 0.3 is 6.03 Å². The Kier molecular flexibility index (Phi) is 5.38. The number of aryl methyl sites for hydroxylation is 1. The van der Waals surface area contributed by atoms with Crippen LogP contribution in [0.5, 0.6) is 0 Å². The van der Waals surface area contributed by atoms with Gasteiger partial charge in [-0.05, 0) is 38.1 Å². The van der Waals surface area contributed by atoms with Crippen LogP contribution in [0, 0.1) is 12.7 Å². The van der Waals surface area contributed by atoms with E-state index in [1.807, 2.05) is 5.32 Å². The zero-order valence-electron chi connectivity index (χ0n) is 13.6. The van der Waals surface area contributed by atoms with E-state index in [0.717, 1.165) is 6.07 Å². The van der Waals surface area contributed by atoms with Crippen molar-refractivity contribution in [3.63, 3.8) is 0 Å². The van der Waals surface area contributed by atoms with Gasteiger partial charge in [-0.1, -0.05) is 0 Å². The molecule has 1 heterocycles. The highest BCUT2D eigenvalue weighted by molar-refractivity contribution is 6.05. The van der Waals surface area contributed by atoms with Gasteiger partial charge in [0.2, 0.25) is 5.91 Å². The van der Waals surface area contributed by atoms with E-state index in [2.05, 4.69) is 10.6 Å². The van der Waals surface area contributed by atoms with Gasteiger partial charge in [-0.25, -0.2) is 9.18 Å². The summed E-state index contributed by atoms with van der Waals surface area (Å²) in [6.45, 7) is 3.11. The normalized spacial score (nSPS) is 11.5. The summed E-state index contributed by atoms with van der Waals surface area (Å²) in [5, 5.41) is 7.15. The molecule has 0 saturated carbocycles. The van der Waals surface area contributed by atoms with Crippen LogP contribution < -0.4 is 21.7 Å². The molecule has 0 fully saturated rings. The second kappa shape index (κ2) is 7.47. The third kappa shape index (κ3) is 4.56. The number of nitrogens with two attached hydrogens (primary N) is 1. The van der Waals surface area contributed by atoms with Crippen LogP contribution in [0.25, 0.3) is 0 Å². The van der Waals surface area contributed by atoms with Crippen LogP contribution in [0.15, 0.2) is 34.9 Å². The van der Waals surface area contributed by atoms with Crippen LogP contribution in [0.2, 0.25) is 0 Å². The molecule has 8 nitrogen and oxygen atoms in total.